The molecule has 0 spiro atoms. The number of fused-ring (bicyclic) bond motifs is 1. The zero-order valence-corrected chi connectivity index (χ0v) is 16.6. The molecule has 2 heterocycles. The number of amides is 1. The van der Waals surface area contributed by atoms with E-state index in [1.54, 1.807) is 59.3 Å². The van der Waals surface area contributed by atoms with E-state index in [-0.39, 0.29) is 23.1 Å². The van der Waals surface area contributed by atoms with Crippen LogP contribution in [0.3, 0.4) is 0 Å². The molecule has 0 aliphatic heterocycles. The first-order chi connectivity index (χ1) is 14.4. The van der Waals surface area contributed by atoms with Crippen molar-refractivity contribution in [1.82, 2.24) is 9.55 Å². The molecule has 0 saturated heterocycles. The van der Waals surface area contributed by atoms with Gasteiger partial charge >= 0.3 is 0 Å². The summed E-state index contributed by atoms with van der Waals surface area (Å²) in [6.45, 7) is -0.0768. The van der Waals surface area contributed by atoms with Crippen molar-refractivity contribution in [3.05, 3.63) is 90.5 Å². The van der Waals surface area contributed by atoms with E-state index in [0.29, 0.717) is 22.3 Å². The molecule has 0 radical (unpaired) electrons. The summed E-state index contributed by atoms with van der Waals surface area (Å²) in [7, 11) is -3.76. The van der Waals surface area contributed by atoms with Gasteiger partial charge in [0.15, 0.2) is 9.84 Å². The van der Waals surface area contributed by atoms with Gasteiger partial charge in [0.05, 0.1) is 10.6 Å². The second-order valence-electron chi connectivity index (χ2n) is 6.79. The molecule has 4 rings (SSSR count). The summed E-state index contributed by atoms with van der Waals surface area (Å²) in [5, 5.41) is 3.20. The zero-order chi connectivity index (χ0) is 21.1. The predicted octanol–water partition coefficient (Wildman–Crippen LogP) is 3.79. The van der Waals surface area contributed by atoms with Crippen molar-refractivity contribution in [3.8, 4) is 0 Å². The van der Waals surface area contributed by atoms with Gasteiger partial charge in [-0.2, -0.15) is 0 Å². The highest BCUT2D eigenvalue weighted by atomic mass is 32.2. The first-order valence-corrected chi connectivity index (χ1v) is 10.8. The number of aromatic nitrogens is 2. The minimum Gasteiger partial charge on any atom is -0.337 e. The van der Waals surface area contributed by atoms with Crippen LogP contribution in [0.4, 0.5) is 10.2 Å². The number of pyridine rings is 1. The fraction of sp³-hybridized carbons (Fsp3) is 0.0909. The molecule has 30 heavy (non-hydrogen) atoms. The average molecular weight is 423 g/mol. The predicted molar refractivity (Wildman–Crippen MR) is 112 cm³/mol. The number of carbonyl (C=O) groups is 1. The van der Waals surface area contributed by atoms with Gasteiger partial charge in [-0.1, -0.05) is 36.4 Å². The molecule has 0 fully saturated rings. The molecule has 0 atom stereocenters. The van der Waals surface area contributed by atoms with Gasteiger partial charge in [-0.25, -0.2) is 17.8 Å². The van der Waals surface area contributed by atoms with Crippen LogP contribution in [0.2, 0.25) is 0 Å². The third kappa shape index (κ3) is 4.23. The Hall–Kier alpha value is -3.52. The van der Waals surface area contributed by atoms with Gasteiger partial charge in [-0.15, -0.1) is 0 Å². The van der Waals surface area contributed by atoms with Crippen LogP contribution in [0.25, 0.3) is 10.9 Å². The highest BCUT2D eigenvalue weighted by Gasteiger charge is 2.22. The van der Waals surface area contributed by atoms with Crippen LogP contribution in [0.1, 0.15) is 5.56 Å². The first kappa shape index (κ1) is 19.8. The normalized spacial score (nSPS) is 11.5. The summed E-state index contributed by atoms with van der Waals surface area (Å²) in [5.74, 6) is -0.739. The number of sulfone groups is 1. The van der Waals surface area contributed by atoms with Crippen LogP contribution in [0, 0.1) is 5.82 Å². The van der Waals surface area contributed by atoms with Crippen LogP contribution < -0.4 is 5.32 Å². The molecule has 6 nitrogen and oxygen atoms in total. The zero-order valence-electron chi connectivity index (χ0n) is 15.8. The average Bonchev–Trinajstić information content (AvgIpc) is 3.08. The van der Waals surface area contributed by atoms with E-state index >= 15 is 0 Å². The molecule has 2 aromatic carbocycles. The van der Waals surface area contributed by atoms with Crippen LogP contribution in [-0.4, -0.2) is 23.9 Å². The summed E-state index contributed by atoms with van der Waals surface area (Å²) in [6.07, 6.45) is 3.02. The Morgan fingerprint density at radius 2 is 1.83 bits per heavy atom. The Kier molecular flexibility index (Phi) is 5.33. The van der Waals surface area contributed by atoms with Crippen LogP contribution in [0.5, 0.6) is 0 Å². The number of carbonyl (C=O) groups excluding carboxylic acids is 1. The maximum absolute atomic E-state index is 13.5. The van der Waals surface area contributed by atoms with Gasteiger partial charge in [-0.05, 0) is 35.9 Å². The van der Waals surface area contributed by atoms with Gasteiger partial charge in [-0.3, -0.25) is 4.79 Å². The van der Waals surface area contributed by atoms with Crippen molar-refractivity contribution in [3.63, 3.8) is 0 Å². The lowest BCUT2D eigenvalue weighted by Gasteiger charge is -2.06. The van der Waals surface area contributed by atoms with E-state index < -0.39 is 15.7 Å². The maximum atomic E-state index is 13.5. The SMILES string of the molecule is O=C(Cn1cc(S(=O)(=O)Cc2cccc(F)c2)c2ccccc21)Nc1ccccn1. The minimum absolute atomic E-state index is 0.0768. The molecule has 152 valence electrons. The van der Waals surface area contributed by atoms with Crippen molar-refractivity contribution < 1.29 is 17.6 Å². The van der Waals surface area contributed by atoms with Gasteiger partial charge in [0.1, 0.15) is 18.2 Å². The summed E-state index contributed by atoms with van der Waals surface area (Å²) < 4.78 is 41.2. The number of para-hydroxylation sites is 1. The maximum Gasteiger partial charge on any atom is 0.245 e. The lowest BCUT2D eigenvalue weighted by molar-refractivity contribution is -0.116. The smallest absolute Gasteiger partial charge is 0.245 e. The molecular formula is C22H18FN3O3S. The monoisotopic (exact) mass is 423 g/mol. The molecule has 0 aliphatic carbocycles. The lowest BCUT2D eigenvalue weighted by Crippen LogP contribution is -2.18. The fourth-order valence-electron chi connectivity index (χ4n) is 3.29. The van der Waals surface area contributed by atoms with E-state index in [2.05, 4.69) is 10.3 Å². The lowest BCUT2D eigenvalue weighted by atomic mass is 10.2. The fourth-order valence-corrected chi connectivity index (χ4v) is 4.86. The summed E-state index contributed by atoms with van der Waals surface area (Å²) in [6, 6.07) is 17.6. The molecule has 1 N–H and O–H groups in total. The Balaban J connectivity index is 1.66. The largest absolute Gasteiger partial charge is 0.337 e. The summed E-state index contributed by atoms with van der Waals surface area (Å²) in [4.78, 5) is 16.6. The van der Waals surface area contributed by atoms with Crippen LogP contribution in [0.15, 0.2) is 84.0 Å². The Morgan fingerprint density at radius 3 is 2.60 bits per heavy atom. The third-order valence-corrected chi connectivity index (χ3v) is 6.29. The van der Waals surface area contributed by atoms with Crippen molar-refractivity contribution in [2.24, 2.45) is 0 Å². The van der Waals surface area contributed by atoms with E-state index in [1.807, 2.05) is 0 Å². The highest BCUT2D eigenvalue weighted by Crippen LogP contribution is 2.28. The molecule has 1 amide bonds. The Bertz CT molecular complexity index is 1320. The molecule has 0 aliphatic rings. The van der Waals surface area contributed by atoms with Crippen molar-refractivity contribution >= 4 is 32.5 Å². The minimum atomic E-state index is -3.76. The number of benzene rings is 2. The van der Waals surface area contributed by atoms with E-state index in [1.165, 1.54) is 24.4 Å². The molecule has 8 heteroatoms. The molecule has 4 aromatic rings. The first-order valence-electron chi connectivity index (χ1n) is 9.18. The van der Waals surface area contributed by atoms with Gasteiger partial charge in [0.2, 0.25) is 5.91 Å². The molecule has 0 bridgehead atoms. The van der Waals surface area contributed by atoms with E-state index in [0.717, 1.165) is 0 Å². The van der Waals surface area contributed by atoms with E-state index in [4.69, 9.17) is 0 Å². The quantitative estimate of drug-likeness (QED) is 0.512. The second kappa shape index (κ2) is 8.08. The molecule has 2 aromatic heterocycles. The second-order valence-corrected chi connectivity index (χ2v) is 8.75. The summed E-state index contributed by atoms with van der Waals surface area (Å²) in [5.41, 5.74) is 0.978. The number of halogens is 1. The number of rotatable bonds is 6. The number of hydrogen-bond acceptors (Lipinski definition) is 4. The summed E-state index contributed by atoms with van der Waals surface area (Å²) >= 11 is 0. The van der Waals surface area contributed by atoms with E-state index in [9.17, 15) is 17.6 Å². The van der Waals surface area contributed by atoms with Crippen LogP contribution in [-0.2, 0) is 26.9 Å². The van der Waals surface area contributed by atoms with Crippen LogP contribution >= 0.6 is 0 Å². The number of hydrogen-bond donors (Lipinski definition) is 1. The molecular weight excluding hydrogens is 405 g/mol. The molecule has 0 saturated carbocycles. The van der Waals surface area contributed by atoms with Crippen molar-refractivity contribution in [2.45, 2.75) is 17.2 Å². The number of nitrogens with zero attached hydrogens (tertiary/aromatic N) is 2. The van der Waals surface area contributed by atoms with Crippen molar-refractivity contribution in [2.75, 3.05) is 5.32 Å². The third-order valence-electron chi connectivity index (χ3n) is 4.58. The number of nitrogens with one attached hydrogen (secondary N) is 1. The molecule has 0 unspecified atom stereocenters. The standard InChI is InChI=1S/C22H18FN3O3S/c23-17-7-5-6-16(12-17)15-30(28,29)20-13-26(19-9-2-1-8-18(19)20)14-22(27)25-21-10-3-4-11-24-21/h1-13H,14-15H2,(H,24,25,27). The van der Waals surface area contributed by atoms with Gasteiger partial charge < -0.3 is 9.88 Å². The topological polar surface area (TPSA) is 81.1 Å². The van der Waals surface area contributed by atoms with Gasteiger partial charge in [0.25, 0.3) is 0 Å². The Labute approximate surface area is 172 Å². The number of anilines is 1. The van der Waals surface area contributed by atoms with Gasteiger partial charge in [0, 0.05) is 23.3 Å². The highest BCUT2D eigenvalue weighted by molar-refractivity contribution is 7.90. The van der Waals surface area contributed by atoms with Crippen molar-refractivity contribution in [1.29, 1.82) is 0 Å². The Morgan fingerprint density at radius 1 is 1.03 bits per heavy atom.